The van der Waals surface area contributed by atoms with Gasteiger partial charge >= 0.3 is 0 Å². The molecule has 1 N–H and O–H groups in total. The number of carbonyl (C=O) groups excluding carboxylic acids is 1. The van der Waals surface area contributed by atoms with E-state index in [4.69, 9.17) is 21.1 Å². The Kier molecular flexibility index (Phi) is 8.04. The highest BCUT2D eigenvalue weighted by Crippen LogP contribution is 2.48. The molecule has 4 rings (SSSR count). The first-order chi connectivity index (χ1) is 17.4. The van der Waals surface area contributed by atoms with E-state index >= 15 is 0 Å². The molecule has 0 aliphatic heterocycles. The van der Waals surface area contributed by atoms with Crippen molar-refractivity contribution in [1.29, 1.82) is 0 Å². The van der Waals surface area contributed by atoms with E-state index in [1.165, 1.54) is 13.4 Å². The molecule has 2 aliphatic carbocycles. The lowest BCUT2D eigenvalue weighted by atomic mass is 9.89. The lowest BCUT2D eigenvalue weighted by molar-refractivity contribution is 0.0855. The predicted molar refractivity (Wildman–Crippen MR) is 136 cm³/mol. The molecule has 8 nitrogen and oxygen atoms in total. The summed E-state index contributed by atoms with van der Waals surface area (Å²) in [5.74, 6) is -2.84. The smallest absolute Gasteiger partial charge is 0.273 e. The van der Waals surface area contributed by atoms with E-state index in [-0.39, 0.29) is 34.9 Å². The van der Waals surface area contributed by atoms with Crippen molar-refractivity contribution in [2.75, 3.05) is 26.5 Å². The van der Waals surface area contributed by atoms with E-state index in [0.717, 1.165) is 12.8 Å². The van der Waals surface area contributed by atoms with Gasteiger partial charge in [0.2, 0.25) is 0 Å². The molecule has 1 aromatic carbocycles. The predicted octanol–water partition coefficient (Wildman–Crippen LogP) is 4.60. The SMILES string of the molecule is CCn1nc(C(=O)NC[C@H]2CC[C@H](S(C)(=O)=O)CC2)c(Cl)c1-c1ccc(OC[C@@H]2CC2(F)F)cc1OC. The fourth-order valence-electron chi connectivity index (χ4n) is 4.76. The van der Waals surface area contributed by atoms with Crippen molar-refractivity contribution >= 4 is 27.3 Å². The van der Waals surface area contributed by atoms with E-state index in [9.17, 15) is 22.0 Å². The standard InChI is InChI=1S/C25H32ClF2N3O5S/c1-4-31-23(19-10-7-17(11-20(19)35-2)36-14-16-12-25(16,27)28)21(26)22(30-31)24(32)29-13-15-5-8-18(9-6-15)37(3,33)34/h7,10-11,15-16,18H,4-6,8-9,12-14H2,1-3H3,(H,29,32)/t15-,16-,18-/m0/s1. The van der Waals surface area contributed by atoms with Crippen LogP contribution in [-0.2, 0) is 16.4 Å². The Labute approximate surface area is 220 Å². The summed E-state index contributed by atoms with van der Waals surface area (Å²) in [5.41, 5.74) is 1.17. The Morgan fingerprint density at radius 3 is 2.51 bits per heavy atom. The molecule has 0 radical (unpaired) electrons. The fourth-order valence-corrected chi connectivity index (χ4v) is 6.21. The Bertz CT molecular complexity index is 1260. The van der Waals surface area contributed by atoms with E-state index in [2.05, 4.69) is 10.4 Å². The molecule has 0 bridgehead atoms. The highest BCUT2D eigenvalue weighted by Gasteiger charge is 2.57. The van der Waals surface area contributed by atoms with Crippen LogP contribution in [-0.4, -0.2) is 61.8 Å². The van der Waals surface area contributed by atoms with Crippen LogP contribution in [0.2, 0.25) is 5.02 Å². The molecule has 12 heteroatoms. The molecule has 2 saturated carbocycles. The van der Waals surface area contributed by atoms with Crippen LogP contribution < -0.4 is 14.8 Å². The molecule has 37 heavy (non-hydrogen) atoms. The minimum Gasteiger partial charge on any atom is -0.496 e. The molecule has 1 heterocycles. The zero-order valence-electron chi connectivity index (χ0n) is 21.1. The number of methoxy groups -OCH3 is 1. The summed E-state index contributed by atoms with van der Waals surface area (Å²) < 4.78 is 62.5. The third kappa shape index (κ3) is 6.19. The van der Waals surface area contributed by atoms with Crippen LogP contribution in [0.3, 0.4) is 0 Å². The Morgan fingerprint density at radius 1 is 1.27 bits per heavy atom. The number of alkyl halides is 2. The lowest BCUT2D eigenvalue weighted by Crippen LogP contribution is -2.34. The zero-order chi connectivity index (χ0) is 27.0. The topological polar surface area (TPSA) is 99.5 Å². The quantitative estimate of drug-likeness (QED) is 0.457. The van der Waals surface area contributed by atoms with Crippen molar-refractivity contribution in [3.63, 3.8) is 0 Å². The Hall–Kier alpha value is -2.40. The number of rotatable bonds is 10. The van der Waals surface area contributed by atoms with Crippen molar-refractivity contribution in [3.8, 4) is 22.8 Å². The molecular weight excluding hydrogens is 528 g/mol. The number of ether oxygens (including phenoxy) is 2. The van der Waals surface area contributed by atoms with Crippen LogP contribution in [0.4, 0.5) is 8.78 Å². The monoisotopic (exact) mass is 559 g/mol. The number of nitrogens with zero attached hydrogens (tertiary/aromatic N) is 2. The van der Waals surface area contributed by atoms with Crippen molar-refractivity contribution in [3.05, 3.63) is 28.9 Å². The number of nitrogens with one attached hydrogen (secondary N) is 1. The van der Waals surface area contributed by atoms with Gasteiger partial charge in [-0.25, -0.2) is 17.2 Å². The van der Waals surface area contributed by atoms with Gasteiger partial charge in [-0.2, -0.15) is 5.10 Å². The number of benzene rings is 1. The molecule has 2 aromatic rings. The second-order valence-electron chi connectivity index (χ2n) is 9.84. The summed E-state index contributed by atoms with van der Waals surface area (Å²) >= 11 is 6.66. The minimum atomic E-state index is -3.04. The van der Waals surface area contributed by atoms with Gasteiger partial charge < -0.3 is 14.8 Å². The van der Waals surface area contributed by atoms with E-state index in [0.29, 0.717) is 48.7 Å². The van der Waals surface area contributed by atoms with Crippen molar-refractivity contribution < 1.29 is 31.5 Å². The molecule has 1 aromatic heterocycles. The van der Waals surface area contributed by atoms with Gasteiger partial charge in [0, 0.05) is 37.4 Å². The molecular formula is C25H32ClF2N3O5S. The van der Waals surface area contributed by atoms with Gasteiger partial charge in [0.1, 0.15) is 21.3 Å². The molecule has 0 unspecified atom stereocenters. The lowest BCUT2D eigenvalue weighted by Gasteiger charge is -2.27. The van der Waals surface area contributed by atoms with Gasteiger partial charge in [-0.05, 0) is 50.7 Å². The number of aromatic nitrogens is 2. The third-order valence-corrected chi connectivity index (χ3v) is 9.24. The average molecular weight is 560 g/mol. The maximum absolute atomic E-state index is 13.2. The van der Waals surface area contributed by atoms with Gasteiger partial charge in [0.25, 0.3) is 11.8 Å². The molecule has 0 saturated heterocycles. The summed E-state index contributed by atoms with van der Waals surface area (Å²) in [7, 11) is -1.57. The molecule has 2 fully saturated rings. The number of amides is 1. The molecule has 1 amide bonds. The molecule has 0 spiro atoms. The minimum absolute atomic E-state index is 0.0800. The van der Waals surface area contributed by atoms with E-state index < -0.39 is 27.6 Å². The zero-order valence-corrected chi connectivity index (χ0v) is 22.7. The number of carbonyl (C=O) groups is 1. The first kappa shape index (κ1) is 27.6. The van der Waals surface area contributed by atoms with Gasteiger partial charge in [0.15, 0.2) is 5.69 Å². The molecule has 204 valence electrons. The van der Waals surface area contributed by atoms with Gasteiger partial charge in [-0.3, -0.25) is 9.48 Å². The number of halogens is 3. The number of aryl methyl sites for hydroxylation is 1. The largest absolute Gasteiger partial charge is 0.496 e. The van der Waals surface area contributed by atoms with Gasteiger partial charge in [0.05, 0.1) is 35.6 Å². The van der Waals surface area contributed by atoms with Gasteiger partial charge in [-0.15, -0.1) is 0 Å². The second kappa shape index (κ2) is 10.8. The summed E-state index contributed by atoms with van der Waals surface area (Å²) in [5, 5.41) is 7.18. The first-order valence-electron chi connectivity index (χ1n) is 12.4. The van der Waals surface area contributed by atoms with Crippen LogP contribution in [0.5, 0.6) is 11.5 Å². The summed E-state index contributed by atoms with van der Waals surface area (Å²) in [6.45, 7) is 2.64. The maximum atomic E-state index is 13.2. The maximum Gasteiger partial charge on any atom is 0.273 e. The third-order valence-electron chi connectivity index (χ3n) is 7.19. The highest BCUT2D eigenvalue weighted by atomic mass is 35.5. The number of hydrogen-bond acceptors (Lipinski definition) is 6. The van der Waals surface area contributed by atoms with Gasteiger partial charge in [-0.1, -0.05) is 11.6 Å². The van der Waals surface area contributed by atoms with E-state index in [1.807, 2.05) is 6.92 Å². The van der Waals surface area contributed by atoms with Crippen molar-refractivity contribution in [2.45, 2.75) is 56.7 Å². The van der Waals surface area contributed by atoms with Crippen LogP contribution in [0, 0.1) is 11.8 Å². The highest BCUT2D eigenvalue weighted by molar-refractivity contribution is 7.91. The summed E-state index contributed by atoms with van der Waals surface area (Å²) in [6, 6.07) is 4.95. The summed E-state index contributed by atoms with van der Waals surface area (Å²) in [6.07, 6.45) is 3.75. The van der Waals surface area contributed by atoms with Crippen molar-refractivity contribution in [2.24, 2.45) is 11.8 Å². The van der Waals surface area contributed by atoms with Crippen LogP contribution in [0.25, 0.3) is 11.3 Å². The second-order valence-corrected chi connectivity index (χ2v) is 12.5. The van der Waals surface area contributed by atoms with Crippen LogP contribution in [0.1, 0.15) is 49.5 Å². The van der Waals surface area contributed by atoms with E-state index in [1.54, 1.807) is 22.9 Å². The molecule has 2 aliphatic rings. The number of hydrogen-bond donors (Lipinski definition) is 1. The van der Waals surface area contributed by atoms with Crippen LogP contribution >= 0.6 is 11.6 Å². The first-order valence-corrected chi connectivity index (χ1v) is 14.7. The molecule has 1 atom stereocenters. The fraction of sp³-hybridized carbons (Fsp3) is 0.600. The van der Waals surface area contributed by atoms with Crippen LogP contribution in [0.15, 0.2) is 18.2 Å². The van der Waals surface area contributed by atoms with Crippen molar-refractivity contribution in [1.82, 2.24) is 15.1 Å². The average Bonchev–Trinajstić information content (AvgIpc) is 3.34. The normalized spacial score (nSPS) is 22.9. The number of sulfone groups is 1. The Balaban J connectivity index is 1.46. The Morgan fingerprint density at radius 2 is 1.95 bits per heavy atom. The summed E-state index contributed by atoms with van der Waals surface area (Å²) in [4.78, 5) is 13.0.